The Labute approximate surface area is 854 Å². The SMILES string of the molecule is C/C(Br)=C\CCC(C)(C)c1cc(O)c(C)c(O)c1.C=CCC/C(C)=C/Cc1c(O)cc(C/C=C(\C)CCC=C(C)C)cc1O.CC(C)=CCCC(C)(C)c1cc(C)cc(O)c1.CC(C)CCCC(C)(C)c1cc(O)cc(O)c1.CCC.CCc1c(C)cc(C(C)(C)CCCC(C)(C)C)cc1O.Cc1c(O)cc(C(C)(C)CCCC(C)(C)C)cc1O.Cc1cc(O)cc(C(C)(C)CCCCN=C=S)c1. The summed E-state index contributed by atoms with van der Waals surface area (Å²) in [5.41, 5.74) is 20.0. The summed E-state index contributed by atoms with van der Waals surface area (Å²) in [7, 11) is 0. The average molecular weight is 1980 g/mol. The van der Waals surface area contributed by atoms with Crippen LogP contribution in [0.5, 0.6) is 63.2 Å². The lowest BCUT2D eigenvalue weighted by Gasteiger charge is -2.28. The number of thiocarbonyl (C=S) groups is 1. The van der Waals surface area contributed by atoms with E-state index in [1.54, 1.807) is 74.5 Å². The van der Waals surface area contributed by atoms with Crippen molar-refractivity contribution in [2.24, 2.45) is 21.7 Å². The molecule has 7 aromatic carbocycles. The van der Waals surface area contributed by atoms with Crippen LogP contribution in [0, 0.1) is 51.4 Å². The summed E-state index contributed by atoms with van der Waals surface area (Å²) in [5.74, 6) is 3.20. The van der Waals surface area contributed by atoms with Gasteiger partial charge in [0.2, 0.25) is 0 Å². The second kappa shape index (κ2) is 62.4. The van der Waals surface area contributed by atoms with Gasteiger partial charge in [-0.3, -0.25) is 0 Å². The maximum atomic E-state index is 10.3. The number of phenols is 11. The molecule has 11 N–H and O–H groups in total. The first-order valence-electron chi connectivity index (χ1n) is 50.8. The van der Waals surface area contributed by atoms with Crippen molar-refractivity contribution in [1.82, 2.24) is 0 Å². The van der Waals surface area contributed by atoms with E-state index in [1.165, 1.54) is 89.1 Å². The first-order chi connectivity index (χ1) is 63.6. The smallest absolute Gasteiger partial charge is 0.123 e. The summed E-state index contributed by atoms with van der Waals surface area (Å²) >= 11 is 7.95. The Kier molecular flexibility index (Phi) is 58.3. The molecule has 0 aliphatic heterocycles. The topological polar surface area (TPSA) is 235 Å². The minimum absolute atomic E-state index is 0.00882. The van der Waals surface area contributed by atoms with Crippen LogP contribution in [0.25, 0.3) is 0 Å². The number of aliphatic imine (C=N–C) groups is 1. The molecule has 0 aromatic heterocycles. The van der Waals surface area contributed by atoms with E-state index >= 15 is 0 Å². The van der Waals surface area contributed by atoms with E-state index in [1.807, 2.05) is 45.0 Å². The minimum Gasteiger partial charge on any atom is -0.508 e. The summed E-state index contributed by atoms with van der Waals surface area (Å²) in [5, 5.41) is 111. The Hall–Kier alpha value is -8.94. The molecule has 0 radical (unpaired) electrons. The number of aryl methyl sites for hydroxylation is 3. The van der Waals surface area contributed by atoms with Gasteiger partial charge in [0, 0.05) is 29.3 Å². The Balaban J connectivity index is 0.00000159. The predicted octanol–water partition coefficient (Wildman–Crippen LogP) is 36.8. The van der Waals surface area contributed by atoms with Gasteiger partial charge < -0.3 is 56.2 Å². The highest BCUT2D eigenvalue weighted by Crippen LogP contribution is 2.43. The molecular weight excluding hydrogens is 1790 g/mol. The van der Waals surface area contributed by atoms with E-state index in [0.717, 1.165) is 165 Å². The van der Waals surface area contributed by atoms with Gasteiger partial charge in [-0.25, -0.2) is 4.99 Å². The van der Waals surface area contributed by atoms with Gasteiger partial charge in [-0.2, -0.15) is 0 Å². The van der Waals surface area contributed by atoms with Gasteiger partial charge in [-0.15, -0.1) is 6.58 Å². The second-order valence-electron chi connectivity index (χ2n) is 45.7. The van der Waals surface area contributed by atoms with Crippen molar-refractivity contribution < 1.29 is 56.2 Å². The van der Waals surface area contributed by atoms with Gasteiger partial charge in [-0.05, 0) is 405 Å². The molecule has 0 heterocycles. The van der Waals surface area contributed by atoms with Gasteiger partial charge in [-0.1, -0.05) is 291 Å². The fourth-order valence-corrected chi connectivity index (χ4v) is 16.2. The van der Waals surface area contributed by atoms with Crippen molar-refractivity contribution in [3.8, 4) is 63.2 Å². The van der Waals surface area contributed by atoms with Crippen molar-refractivity contribution in [3.05, 3.63) is 251 Å². The van der Waals surface area contributed by atoms with E-state index < -0.39 is 0 Å². The molecule has 7 aromatic rings. The second-order valence-corrected chi connectivity index (χ2v) is 47.2. The quantitative estimate of drug-likeness (QED) is 0.00751. The first-order valence-corrected chi connectivity index (χ1v) is 52.0. The number of phenolic OH excluding ortho intramolecular Hbond substituents is 11. The van der Waals surface area contributed by atoms with E-state index in [4.69, 9.17) is 0 Å². The van der Waals surface area contributed by atoms with Crippen molar-refractivity contribution in [2.45, 2.75) is 429 Å². The third-order valence-electron chi connectivity index (χ3n) is 25.6. The third-order valence-corrected chi connectivity index (χ3v) is 26.1. The number of unbranched alkanes of at least 4 members (excludes halogenated alkanes) is 1. The maximum absolute atomic E-state index is 10.3. The molecule has 0 unspecified atom stereocenters. The summed E-state index contributed by atoms with van der Waals surface area (Å²) in [6, 6.07) is 31.3. The van der Waals surface area contributed by atoms with Crippen LogP contribution in [0.3, 0.4) is 0 Å². The van der Waals surface area contributed by atoms with Gasteiger partial charge >= 0.3 is 0 Å². The minimum atomic E-state index is -0.0817. The highest BCUT2D eigenvalue weighted by molar-refractivity contribution is 9.11. The van der Waals surface area contributed by atoms with E-state index in [-0.39, 0.29) is 78.5 Å². The summed E-state index contributed by atoms with van der Waals surface area (Å²) in [6.07, 6.45) is 37.9. The molecule has 0 amide bonds. The van der Waals surface area contributed by atoms with Crippen molar-refractivity contribution in [3.63, 3.8) is 0 Å². The van der Waals surface area contributed by atoms with Crippen LogP contribution in [0.1, 0.15) is 420 Å². The largest absolute Gasteiger partial charge is 0.508 e. The number of aromatic hydroxyl groups is 11. The molecule has 0 spiro atoms. The van der Waals surface area contributed by atoms with Crippen LogP contribution in [0.2, 0.25) is 0 Å². The molecule has 0 saturated heterocycles. The molecule has 0 fully saturated rings. The lowest BCUT2D eigenvalue weighted by atomic mass is 9.77. The zero-order valence-corrected chi connectivity index (χ0v) is 95.3. The summed E-state index contributed by atoms with van der Waals surface area (Å²) < 4.78 is 1.13. The molecule has 0 bridgehead atoms. The lowest BCUT2D eigenvalue weighted by molar-refractivity contribution is 0.332. The molecular formula is C124H192BrNO11S. The number of rotatable bonds is 38. The number of nitrogens with zero attached hydrogens (tertiary/aromatic N) is 1. The zero-order chi connectivity index (χ0) is 106. The van der Waals surface area contributed by atoms with E-state index in [9.17, 15) is 56.2 Å². The number of isothiocyanates is 1. The predicted molar refractivity (Wildman–Crippen MR) is 603 cm³/mol. The van der Waals surface area contributed by atoms with Crippen LogP contribution in [0.4, 0.5) is 0 Å². The Morgan fingerprint density at radius 2 is 0.696 bits per heavy atom. The molecule has 12 nitrogen and oxygen atoms in total. The van der Waals surface area contributed by atoms with Crippen LogP contribution in [0.15, 0.2) is 178 Å². The molecule has 138 heavy (non-hydrogen) atoms. The van der Waals surface area contributed by atoms with E-state index in [0.29, 0.717) is 51.2 Å². The maximum Gasteiger partial charge on any atom is 0.123 e. The van der Waals surface area contributed by atoms with Crippen molar-refractivity contribution >= 4 is 33.3 Å². The summed E-state index contributed by atoms with van der Waals surface area (Å²) in [4.78, 5) is 3.92. The molecule has 772 valence electrons. The number of allylic oxidation sites excluding steroid dienone is 11. The lowest BCUT2D eigenvalue weighted by Crippen LogP contribution is -2.18. The van der Waals surface area contributed by atoms with Gasteiger partial charge in [0.25, 0.3) is 0 Å². The van der Waals surface area contributed by atoms with Gasteiger partial charge in [0.15, 0.2) is 0 Å². The normalized spacial score (nSPS) is 12.0. The van der Waals surface area contributed by atoms with Crippen molar-refractivity contribution in [2.75, 3.05) is 6.54 Å². The molecule has 0 aliphatic rings. The summed E-state index contributed by atoms with van der Waals surface area (Å²) in [6.45, 7) is 79.6. The van der Waals surface area contributed by atoms with Crippen LogP contribution in [-0.4, -0.2) is 67.9 Å². The Bertz CT molecular complexity index is 4870. The number of benzene rings is 7. The van der Waals surface area contributed by atoms with Crippen molar-refractivity contribution in [1.29, 1.82) is 0 Å². The number of hydrogen-bond donors (Lipinski definition) is 11. The zero-order valence-electron chi connectivity index (χ0n) is 92.9. The molecule has 7 rings (SSSR count). The van der Waals surface area contributed by atoms with Crippen LogP contribution < -0.4 is 0 Å². The van der Waals surface area contributed by atoms with Crippen LogP contribution in [-0.2, 0) is 51.8 Å². The Morgan fingerprint density at radius 3 is 1.05 bits per heavy atom. The number of hydrogen-bond acceptors (Lipinski definition) is 13. The first kappa shape index (κ1) is 129. The van der Waals surface area contributed by atoms with Crippen LogP contribution >= 0.6 is 28.1 Å². The molecule has 0 saturated carbocycles. The molecule has 14 heteroatoms. The van der Waals surface area contributed by atoms with Gasteiger partial charge in [0.1, 0.15) is 63.2 Å². The molecule has 0 aliphatic carbocycles. The molecule has 0 atom stereocenters. The van der Waals surface area contributed by atoms with Gasteiger partial charge in [0.05, 0.1) is 5.16 Å². The highest BCUT2D eigenvalue weighted by Gasteiger charge is 2.29. The van der Waals surface area contributed by atoms with E-state index in [2.05, 4.69) is 301 Å². The Morgan fingerprint density at radius 1 is 0.370 bits per heavy atom. The fourth-order valence-electron chi connectivity index (χ4n) is 15.9. The average Bonchev–Trinajstić information content (AvgIpc) is 0.811. The standard InChI is InChI=1S/C24H34O2.C19H32O.C17H28O2.C16H24O.C15H21BrO2.C15H21NOS.C15H24O2.C3H8/c1-6-7-10-19(4)13-15-22-23(25)16-21(17-24(22)26)14-12-20(5)11-8-9-18(2)3;1-8-16-14(2)12-15(13-17(16)20)19(6,7)11-9-10-18(3,4)5;1-12-14(18)10-13(11-15(12)19)17(5,6)9-7-8-16(2,3)4;1-12(2)7-6-8-16(4,5)14-9-13(3)10-15(17)11-14;1-10(16)6-5-7-15(3,4)12-8-13(17)11(2)14(18)9-12;1-12-8-13(10-14(17)9-12)15(2,3)6-4-5-7-16-11-18;1-11(2)6-5-7-15(3,4)12-8-13(16)10-14(17)9-12;1-3-2/h6,9,12-13,16-17,25-26H,1,7-8,10-11,14-15H2,2-5H3;12-13,20H,8-11H2,1-7H3;10-11,18-19H,7-9H2,1-6H3;7,9-11,17H,6,8H2,1-5H3;6,8-9,17-18H,5,7H2,1-4H3;8-10,17H,4-7H2,1-3H3;8-11,16-17H,5-7H2,1-4H3;3H2,1-2H3/b19-13+,20-12+;;;;10-6+;;;. The highest BCUT2D eigenvalue weighted by atomic mass is 79.9. The fraction of sp³-hybridized carbons (Fsp3) is 0.556. The monoisotopic (exact) mass is 1980 g/mol. The third kappa shape index (κ3) is 53.6. The number of halogens is 1.